The number of piperazine rings is 1. The van der Waals surface area contributed by atoms with Crippen LogP contribution in [0.25, 0.3) is 0 Å². The zero-order chi connectivity index (χ0) is 35.4. The summed E-state index contributed by atoms with van der Waals surface area (Å²) in [6.07, 6.45) is 1.35. The lowest BCUT2D eigenvalue weighted by Crippen LogP contribution is -2.47. The first-order chi connectivity index (χ1) is 23.4. The van der Waals surface area contributed by atoms with Crippen molar-refractivity contribution < 1.29 is 18.6 Å². The summed E-state index contributed by atoms with van der Waals surface area (Å²) in [5, 5.41) is 26.5. The Morgan fingerprint density at radius 3 is 1.80 bits per heavy atom. The van der Waals surface area contributed by atoms with Crippen molar-refractivity contribution in [3.8, 4) is 0 Å². The molecule has 0 aliphatic carbocycles. The molecule has 3 aliphatic heterocycles. The maximum Gasteiger partial charge on any atom is 0.227 e. The minimum Gasteiger partial charge on any atom is -0.394 e. The van der Waals surface area contributed by atoms with Gasteiger partial charge in [-0.3, -0.25) is 8.42 Å². The number of aliphatic hydroxyl groups excluding tert-OH is 2. The molecule has 16 heteroatoms. The second-order valence-electron chi connectivity index (χ2n) is 13.1. The summed E-state index contributed by atoms with van der Waals surface area (Å²) < 4.78 is 24.5. The number of fused-ring (bicyclic) bond motifs is 2. The van der Waals surface area contributed by atoms with Crippen LogP contribution in [0.2, 0.25) is 10.3 Å². The number of aryl methyl sites for hydroxylation is 3. The molecule has 0 bridgehead atoms. The van der Waals surface area contributed by atoms with E-state index in [9.17, 15) is 18.6 Å². The molecule has 4 N–H and O–H groups in total. The maximum atomic E-state index is 12.6. The molecule has 49 heavy (non-hydrogen) atoms. The van der Waals surface area contributed by atoms with Crippen LogP contribution in [0.1, 0.15) is 44.6 Å². The van der Waals surface area contributed by atoms with Gasteiger partial charge in [-0.1, -0.05) is 39.3 Å². The molecule has 268 valence electrons. The van der Waals surface area contributed by atoms with Gasteiger partial charge in [0.2, 0.25) is 11.2 Å². The predicted molar refractivity (Wildman–Crippen MR) is 198 cm³/mol. The molecule has 2 aromatic heterocycles. The third-order valence-electron chi connectivity index (χ3n) is 9.05. The Balaban J connectivity index is 0.000000221. The van der Waals surface area contributed by atoms with Crippen molar-refractivity contribution in [1.82, 2.24) is 19.9 Å². The molecule has 5 heterocycles. The zero-order valence-electron chi connectivity index (χ0n) is 28.6. The summed E-state index contributed by atoms with van der Waals surface area (Å²) in [4.78, 5) is 23.7. The van der Waals surface area contributed by atoms with E-state index in [4.69, 9.17) is 33.2 Å². The first kappa shape index (κ1) is 37.6. The van der Waals surface area contributed by atoms with Gasteiger partial charge in [-0.2, -0.15) is 9.97 Å². The molecule has 4 atom stereocenters. The highest BCUT2D eigenvalue weighted by molar-refractivity contribution is 7.85. The maximum absolute atomic E-state index is 12.6. The van der Waals surface area contributed by atoms with Gasteiger partial charge >= 0.3 is 0 Å². The summed E-state index contributed by atoms with van der Waals surface area (Å²) in [6, 6.07) is 5.73. The highest BCUT2D eigenvalue weighted by Gasteiger charge is 2.30. The molecule has 0 radical (unpaired) electrons. The van der Waals surface area contributed by atoms with Crippen molar-refractivity contribution in [2.75, 3.05) is 71.3 Å². The van der Waals surface area contributed by atoms with E-state index >= 15 is 0 Å². The van der Waals surface area contributed by atoms with Crippen molar-refractivity contribution in [1.29, 1.82) is 0 Å². The van der Waals surface area contributed by atoms with Gasteiger partial charge in [0.25, 0.3) is 0 Å². The van der Waals surface area contributed by atoms with Crippen LogP contribution in [0, 0.1) is 18.8 Å². The van der Waals surface area contributed by atoms with Gasteiger partial charge < -0.3 is 30.6 Å². The molecule has 0 saturated carbocycles. The summed E-state index contributed by atoms with van der Waals surface area (Å²) in [7, 11) is -2.17. The first-order valence-corrected chi connectivity index (χ1v) is 20.0. The normalized spacial score (nSPS) is 19.7. The quantitative estimate of drug-likeness (QED) is 0.221. The van der Waals surface area contributed by atoms with Crippen molar-refractivity contribution >= 4 is 68.1 Å². The molecule has 0 amide bonds. The predicted octanol–water partition coefficient (Wildman–Crippen LogP) is 4.08. The number of hydrogen-bond acceptors (Lipinski definition) is 12. The number of nitrogens with zero attached hydrogens (tertiary/aromatic N) is 6. The van der Waals surface area contributed by atoms with Crippen LogP contribution in [-0.4, -0.2) is 102 Å². The van der Waals surface area contributed by atoms with E-state index in [1.54, 1.807) is 0 Å². The lowest BCUT2D eigenvalue weighted by atomic mass is 10.1. The Morgan fingerprint density at radius 2 is 1.29 bits per heavy atom. The van der Waals surface area contributed by atoms with Crippen molar-refractivity contribution in [3.05, 3.63) is 45.5 Å². The number of nitrogens with one attached hydrogen (secondary N) is 2. The third kappa shape index (κ3) is 8.82. The molecule has 1 aromatic carbocycles. The number of benzene rings is 1. The Hall–Kier alpha value is -2.62. The number of hydrogen-bond donors (Lipinski definition) is 4. The Kier molecular flexibility index (Phi) is 12.7. The van der Waals surface area contributed by atoms with E-state index in [1.807, 2.05) is 39.8 Å². The first-order valence-electron chi connectivity index (χ1n) is 16.6. The topological polar surface area (TPSA) is 157 Å². The number of rotatable bonds is 10. The Morgan fingerprint density at radius 1 is 0.776 bits per heavy atom. The smallest absolute Gasteiger partial charge is 0.227 e. The van der Waals surface area contributed by atoms with Crippen LogP contribution in [0.3, 0.4) is 0 Å². The van der Waals surface area contributed by atoms with Gasteiger partial charge in [-0.25, -0.2) is 9.97 Å². The monoisotopic (exact) mass is 752 g/mol. The minimum absolute atomic E-state index is 0.00245. The fraction of sp³-hybridized carbons (Fsp3) is 0.576. The number of anilines is 4. The number of aliphatic hydroxyl groups is 2. The number of halogens is 2. The summed E-state index contributed by atoms with van der Waals surface area (Å²) in [5.41, 5.74) is 3.99. The molecule has 1 fully saturated rings. The molecular formula is C33H46Cl2N8O4S2. The third-order valence-corrected chi connectivity index (χ3v) is 12.4. The fourth-order valence-corrected chi connectivity index (χ4v) is 9.05. The minimum atomic E-state index is -1.10. The molecule has 1 saturated heterocycles. The van der Waals surface area contributed by atoms with Gasteiger partial charge in [-0.15, -0.1) is 0 Å². The van der Waals surface area contributed by atoms with E-state index in [1.165, 1.54) is 11.3 Å². The SMILES string of the molecule is CC(C)[C@H](CO)Nc1nc(Cl)nc2c1S(=O)CC2.Cc1cc(Cl)ccc1N1CCN(c2nc3c(c(N[C@@H](CO)C(C)C)n2)S(=O)CC3)CC1. The lowest BCUT2D eigenvalue weighted by Gasteiger charge is -2.37. The Labute approximate surface area is 303 Å². The van der Waals surface area contributed by atoms with Gasteiger partial charge in [0, 0.05) is 61.2 Å². The van der Waals surface area contributed by atoms with E-state index in [0.717, 1.165) is 42.6 Å². The van der Waals surface area contributed by atoms with Crippen molar-refractivity contribution in [2.45, 2.75) is 69.3 Å². The van der Waals surface area contributed by atoms with Crippen molar-refractivity contribution in [3.63, 3.8) is 0 Å². The van der Waals surface area contributed by atoms with Gasteiger partial charge in [0.05, 0.1) is 58.3 Å². The highest BCUT2D eigenvalue weighted by atomic mass is 35.5. The standard InChI is InChI=1S/C22H30ClN5O2S.C11H16ClN3O2S/c1-14(2)18(13-29)24-21-20-17(6-11-31(20)30)25-22(26-21)28-9-7-27(8-10-28)19-5-4-16(23)12-15(19)3;1-6(2)8(5-16)13-10-9-7(3-4-18(9)17)14-11(12)15-10/h4-5,12,14,18,29H,6-11,13H2,1-3H3,(H,24,25,26);6,8,16H,3-5H2,1-2H3,(H,13,14,15)/t18-,31?;8-,18?/m00/s1. The molecular weight excluding hydrogens is 707 g/mol. The second kappa shape index (κ2) is 16.6. The molecule has 6 rings (SSSR count). The van der Waals surface area contributed by atoms with Crippen molar-refractivity contribution in [2.24, 2.45) is 11.8 Å². The largest absolute Gasteiger partial charge is 0.394 e. The average molecular weight is 754 g/mol. The molecule has 12 nitrogen and oxygen atoms in total. The Bertz CT molecular complexity index is 1690. The molecule has 0 spiro atoms. The fourth-order valence-electron chi connectivity index (χ4n) is 6.01. The van der Waals surface area contributed by atoms with Crippen LogP contribution in [-0.2, 0) is 34.4 Å². The van der Waals surface area contributed by atoms with E-state index in [0.29, 0.717) is 51.7 Å². The van der Waals surface area contributed by atoms with Crippen LogP contribution in [0.4, 0.5) is 23.3 Å². The van der Waals surface area contributed by atoms with Crippen LogP contribution in [0.15, 0.2) is 28.0 Å². The van der Waals surface area contributed by atoms with E-state index in [-0.39, 0.29) is 42.4 Å². The molecule has 3 aliphatic rings. The van der Waals surface area contributed by atoms with Gasteiger partial charge in [0.1, 0.15) is 21.4 Å². The van der Waals surface area contributed by atoms with Gasteiger partial charge in [-0.05, 0) is 54.1 Å². The van der Waals surface area contributed by atoms with Gasteiger partial charge in [0.15, 0.2) is 0 Å². The highest BCUT2D eigenvalue weighted by Crippen LogP contribution is 2.32. The zero-order valence-corrected chi connectivity index (χ0v) is 31.7. The number of aromatic nitrogens is 4. The van der Waals surface area contributed by atoms with E-state index in [2.05, 4.69) is 43.4 Å². The summed E-state index contributed by atoms with van der Waals surface area (Å²) in [5.74, 6) is 3.37. The van der Waals surface area contributed by atoms with E-state index < -0.39 is 21.6 Å². The molecule has 2 unspecified atom stereocenters. The lowest BCUT2D eigenvalue weighted by molar-refractivity contribution is 0.248. The van der Waals surface area contributed by atoms with Crippen LogP contribution in [0.5, 0.6) is 0 Å². The average Bonchev–Trinajstić information content (AvgIpc) is 3.64. The van der Waals surface area contributed by atoms with Crippen LogP contribution < -0.4 is 20.4 Å². The summed E-state index contributed by atoms with van der Waals surface area (Å²) >= 11 is 12.0. The second-order valence-corrected chi connectivity index (χ2v) is 16.9. The molecule has 3 aromatic rings. The van der Waals surface area contributed by atoms with Crippen LogP contribution >= 0.6 is 23.2 Å². The summed E-state index contributed by atoms with van der Waals surface area (Å²) in [6.45, 7) is 13.5.